The van der Waals surface area contributed by atoms with Gasteiger partial charge in [0.05, 0.1) is 13.7 Å². The Bertz CT molecular complexity index is 1410. The number of hydrogen-bond acceptors (Lipinski definition) is 9. The van der Waals surface area contributed by atoms with Gasteiger partial charge in [0.25, 0.3) is 11.8 Å². The summed E-state index contributed by atoms with van der Waals surface area (Å²) in [6.07, 6.45) is 1.09. The second kappa shape index (κ2) is 13.3. The normalized spacial score (nSPS) is 12.3. The van der Waals surface area contributed by atoms with Gasteiger partial charge in [-0.2, -0.15) is 12.7 Å². The van der Waals surface area contributed by atoms with Crippen molar-refractivity contribution < 1.29 is 27.9 Å². The van der Waals surface area contributed by atoms with E-state index in [1.807, 2.05) is 22.9 Å². The van der Waals surface area contributed by atoms with Gasteiger partial charge in [0.1, 0.15) is 10.7 Å². The lowest BCUT2D eigenvalue weighted by atomic mass is 10.1. The summed E-state index contributed by atoms with van der Waals surface area (Å²) in [4.78, 5) is 36.3. The van der Waals surface area contributed by atoms with E-state index in [1.54, 1.807) is 25.1 Å². The van der Waals surface area contributed by atoms with E-state index in [9.17, 15) is 23.1 Å². The minimum Gasteiger partial charge on any atom is -0.481 e. The molecule has 11 nitrogen and oxygen atoms in total. The first kappa shape index (κ1) is 30.4. The summed E-state index contributed by atoms with van der Waals surface area (Å²) < 4.78 is 32.0. The molecule has 0 saturated carbocycles. The van der Waals surface area contributed by atoms with Gasteiger partial charge in [-0.05, 0) is 43.5 Å². The third kappa shape index (κ3) is 8.19. The lowest BCUT2D eigenvalue weighted by Gasteiger charge is -2.24. The van der Waals surface area contributed by atoms with Gasteiger partial charge in [-0.3, -0.25) is 9.59 Å². The molecule has 210 valence electrons. The average Bonchev–Trinajstić information content (AvgIpc) is 3.27. The monoisotopic (exact) mass is 595 g/mol. The Labute approximate surface area is 236 Å². The number of aromatic nitrogens is 2. The number of halogens is 1. The van der Waals surface area contributed by atoms with E-state index in [0.29, 0.717) is 39.2 Å². The maximum Gasteiger partial charge on any atom is 0.303 e. The standard InChI is InChI=1S/C25H30ClN5O6S2/c1-16-22(24(33)29-39(35,36)30(2)3)28-21(38-16)15-31(12-6-8-17-7-5-9-19(26)13-17)25(34)23(32)18-10-11-20(37-4)27-14-18/h5,7,9-11,13-14,23,32H,6,8,12,15H2,1-4H3,(H,29,33)/t23-/m1/s1. The fourth-order valence-corrected chi connectivity index (χ4v) is 5.25. The van der Waals surface area contributed by atoms with Crippen molar-refractivity contribution in [3.63, 3.8) is 0 Å². The lowest BCUT2D eigenvalue weighted by molar-refractivity contribution is -0.141. The molecule has 2 aromatic heterocycles. The first-order valence-corrected chi connectivity index (χ1v) is 14.5. The Morgan fingerprint density at radius 2 is 1.97 bits per heavy atom. The van der Waals surface area contributed by atoms with E-state index in [-0.39, 0.29) is 18.8 Å². The van der Waals surface area contributed by atoms with E-state index in [1.165, 1.54) is 32.3 Å². The van der Waals surface area contributed by atoms with Crippen molar-refractivity contribution in [2.24, 2.45) is 0 Å². The predicted octanol–water partition coefficient (Wildman–Crippen LogP) is 2.74. The Kier molecular flexibility index (Phi) is 10.4. The highest BCUT2D eigenvalue weighted by Gasteiger charge is 2.27. The molecule has 0 aliphatic heterocycles. The number of aryl methyl sites for hydroxylation is 2. The Morgan fingerprint density at radius 3 is 2.59 bits per heavy atom. The molecule has 1 aromatic carbocycles. The number of pyridine rings is 1. The van der Waals surface area contributed by atoms with Gasteiger partial charge >= 0.3 is 10.2 Å². The average molecular weight is 596 g/mol. The number of amides is 2. The molecule has 2 heterocycles. The first-order valence-electron chi connectivity index (χ1n) is 11.8. The van der Waals surface area contributed by atoms with Gasteiger partial charge < -0.3 is 14.7 Å². The van der Waals surface area contributed by atoms with Crippen LogP contribution in [0.15, 0.2) is 42.6 Å². The van der Waals surface area contributed by atoms with Crippen molar-refractivity contribution in [1.82, 2.24) is 23.9 Å². The number of methoxy groups -OCH3 is 1. The molecule has 14 heteroatoms. The minimum atomic E-state index is -4.00. The molecule has 0 fully saturated rings. The molecule has 0 spiro atoms. The van der Waals surface area contributed by atoms with E-state index >= 15 is 0 Å². The number of ether oxygens (including phenoxy) is 1. The molecule has 0 saturated heterocycles. The van der Waals surface area contributed by atoms with Crippen LogP contribution in [0.1, 0.15) is 44.0 Å². The summed E-state index contributed by atoms with van der Waals surface area (Å²) in [6.45, 7) is 1.93. The summed E-state index contributed by atoms with van der Waals surface area (Å²) in [7, 11) is 0.0568. The fourth-order valence-electron chi connectivity index (χ4n) is 3.57. The van der Waals surface area contributed by atoms with Crippen molar-refractivity contribution in [3.8, 4) is 5.88 Å². The van der Waals surface area contributed by atoms with Gasteiger partial charge in [-0.1, -0.05) is 23.7 Å². The summed E-state index contributed by atoms with van der Waals surface area (Å²) >= 11 is 7.25. The summed E-state index contributed by atoms with van der Waals surface area (Å²) in [5.41, 5.74) is 1.25. The second-order valence-corrected chi connectivity index (χ2v) is 12.4. The number of carbonyl (C=O) groups is 2. The van der Waals surface area contributed by atoms with Crippen LogP contribution >= 0.6 is 22.9 Å². The number of aliphatic hydroxyl groups excluding tert-OH is 1. The molecule has 39 heavy (non-hydrogen) atoms. The lowest BCUT2D eigenvalue weighted by Crippen LogP contribution is -2.39. The van der Waals surface area contributed by atoms with Crippen LogP contribution in [0.4, 0.5) is 0 Å². The van der Waals surface area contributed by atoms with Crippen LogP contribution in [-0.2, 0) is 28.0 Å². The number of thiazole rings is 1. The first-order chi connectivity index (χ1) is 18.4. The topological polar surface area (TPSA) is 142 Å². The largest absolute Gasteiger partial charge is 0.481 e. The highest BCUT2D eigenvalue weighted by molar-refractivity contribution is 7.87. The molecular weight excluding hydrogens is 566 g/mol. The van der Waals surface area contributed by atoms with E-state index in [0.717, 1.165) is 21.2 Å². The van der Waals surface area contributed by atoms with Gasteiger partial charge in [0, 0.05) is 48.4 Å². The summed E-state index contributed by atoms with van der Waals surface area (Å²) in [6, 6.07) is 10.5. The maximum absolute atomic E-state index is 13.4. The van der Waals surface area contributed by atoms with E-state index in [2.05, 4.69) is 9.97 Å². The van der Waals surface area contributed by atoms with Gasteiger partial charge in [0.15, 0.2) is 6.10 Å². The smallest absolute Gasteiger partial charge is 0.303 e. The van der Waals surface area contributed by atoms with Gasteiger partial charge in [0.2, 0.25) is 5.88 Å². The molecule has 0 aliphatic rings. The highest BCUT2D eigenvalue weighted by Crippen LogP contribution is 2.23. The number of hydrogen-bond donors (Lipinski definition) is 2. The molecule has 1 atom stereocenters. The van der Waals surface area contributed by atoms with Crippen molar-refractivity contribution in [3.05, 3.63) is 74.3 Å². The van der Waals surface area contributed by atoms with Crippen molar-refractivity contribution >= 4 is 45.0 Å². The Morgan fingerprint density at radius 1 is 1.23 bits per heavy atom. The number of nitrogens with zero attached hydrogens (tertiary/aromatic N) is 4. The molecular formula is C25H30ClN5O6S2. The molecule has 2 amide bonds. The van der Waals surface area contributed by atoms with E-state index in [4.69, 9.17) is 16.3 Å². The molecule has 0 bridgehead atoms. The zero-order chi connectivity index (χ0) is 28.7. The predicted molar refractivity (Wildman–Crippen MR) is 148 cm³/mol. The third-order valence-electron chi connectivity index (χ3n) is 5.70. The number of benzene rings is 1. The minimum absolute atomic E-state index is 0.00817. The van der Waals surface area contributed by atoms with Crippen LogP contribution in [0, 0.1) is 6.92 Å². The van der Waals surface area contributed by atoms with Crippen LogP contribution in [-0.4, -0.2) is 72.3 Å². The number of nitrogens with one attached hydrogen (secondary N) is 1. The molecule has 0 aliphatic carbocycles. The molecule has 3 aromatic rings. The number of rotatable bonds is 12. The highest BCUT2D eigenvalue weighted by atomic mass is 35.5. The Balaban J connectivity index is 1.81. The second-order valence-electron chi connectivity index (χ2n) is 8.76. The number of carbonyl (C=O) groups excluding carboxylic acids is 2. The molecule has 3 rings (SSSR count). The zero-order valence-corrected chi connectivity index (χ0v) is 24.3. The van der Waals surface area contributed by atoms with Gasteiger partial charge in [-0.15, -0.1) is 11.3 Å². The molecule has 2 N–H and O–H groups in total. The van der Waals surface area contributed by atoms with Crippen LogP contribution < -0.4 is 9.46 Å². The number of aliphatic hydroxyl groups is 1. The molecule has 0 unspecified atom stereocenters. The summed E-state index contributed by atoms with van der Waals surface area (Å²) in [5, 5.41) is 11.9. The van der Waals surface area contributed by atoms with Crippen LogP contribution in [0.3, 0.4) is 0 Å². The maximum atomic E-state index is 13.4. The fraction of sp³-hybridized carbons (Fsp3) is 0.360. The van der Waals surface area contributed by atoms with Crippen molar-refractivity contribution in [2.75, 3.05) is 27.7 Å². The SMILES string of the molecule is COc1ccc([C@@H](O)C(=O)N(CCCc2cccc(Cl)c2)Cc2nc(C(=O)NS(=O)(=O)N(C)C)c(C)s2)cn1. The van der Waals surface area contributed by atoms with Gasteiger partial charge in [-0.25, -0.2) is 14.7 Å². The van der Waals surface area contributed by atoms with E-state index < -0.39 is 28.1 Å². The quantitative estimate of drug-likeness (QED) is 0.325. The van der Waals surface area contributed by atoms with Crippen molar-refractivity contribution in [1.29, 1.82) is 0 Å². The third-order valence-corrected chi connectivity index (χ3v) is 8.29. The van der Waals surface area contributed by atoms with Crippen LogP contribution in [0.5, 0.6) is 5.88 Å². The van der Waals surface area contributed by atoms with Crippen LogP contribution in [0.2, 0.25) is 5.02 Å². The zero-order valence-electron chi connectivity index (χ0n) is 21.9. The van der Waals surface area contributed by atoms with Crippen molar-refractivity contribution in [2.45, 2.75) is 32.4 Å². The summed E-state index contributed by atoms with van der Waals surface area (Å²) in [5.74, 6) is -1.09. The molecule has 0 radical (unpaired) electrons. The Hall–Kier alpha value is -3.10. The van der Waals surface area contributed by atoms with Crippen LogP contribution in [0.25, 0.3) is 0 Å².